The number of aromatic nitrogens is 12. The van der Waals surface area contributed by atoms with Gasteiger partial charge in [0, 0.05) is 109 Å². The largest absolute Gasteiger partial charge is 0.456 e. The summed E-state index contributed by atoms with van der Waals surface area (Å²) in [5, 5.41) is 32.7. The summed E-state index contributed by atoms with van der Waals surface area (Å²) in [6, 6.07) is 153. The molecule has 34 rings (SSSR count). The second kappa shape index (κ2) is 31.5. The van der Waals surface area contributed by atoms with Crippen LogP contribution in [0, 0.1) is 0 Å². The molecule has 0 fully saturated rings. The standard InChI is InChI=1S/C48H30N4O.2C43H24N4O/c1-48(2)35-22-12-11-20-31(35)34-26-33-30-19-10-9-18-29(30)32-21-13-23-37-39(32)42-38(53-37)25-24-36-41(42)40(33)44(43(34)48)52(36)47-50-45(27-14-5-3-6-15-27)49-46(51-47)28-16-7-4-8-17-28;1-3-11-25(12-4-1)41-44-42(26-13-5-2-6-14-26)46-43(45-41)47-33-19-9-17-29-31-23-27-15-7-8-16-28(27)24-32(31)30-18-10-20-35-38(30)40-36(48-35)22-21-34(47)39(40)37(29)33;1-3-12-25(13-4-1)41-44-42(26-14-5-2-6-15-26)46-43(45-41)47-33-22-23-35-39-36-31(20-11-21-34(36)48-35)29-18-9-10-19-30(29)32-24-27-16-7-8-17-28(27)40(47)37(32)38(33)39/h3-26H,1-2H3;2*1-24H. The average molecular weight is 1900 g/mol. The van der Waals surface area contributed by atoms with Gasteiger partial charge in [-0.25, -0.2) is 15.0 Å². The maximum Gasteiger partial charge on any atom is 0.238 e. The number of benzene rings is 21. The highest BCUT2D eigenvalue weighted by Gasteiger charge is 2.41. The van der Waals surface area contributed by atoms with E-state index >= 15 is 0 Å². The number of hydrogen-bond acceptors (Lipinski definition) is 12. The minimum atomic E-state index is -0.307. The highest BCUT2D eigenvalue weighted by molar-refractivity contribution is 6.43. The van der Waals surface area contributed by atoms with E-state index in [-0.39, 0.29) is 5.41 Å². The fourth-order valence-corrected chi connectivity index (χ4v) is 24.8. The van der Waals surface area contributed by atoms with Crippen LogP contribution < -0.4 is 0 Å². The summed E-state index contributed by atoms with van der Waals surface area (Å²) in [5.41, 5.74) is 22.0. The lowest BCUT2D eigenvalue weighted by atomic mass is 9.81. The molecule has 24 aromatic carbocycles. The van der Waals surface area contributed by atoms with E-state index in [2.05, 4.69) is 331 Å². The highest BCUT2D eigenvalue weighted by Crippen LogP contribution is 2.59. The molecule has 0 N–H and O–H groups in total. The van der Waals surface area contributed by atoms with Crippen LogP contribution >= 0.6 is 0 Å². The summed E-state index contributed by atoms with van der Waals surface area (Å²) in [5.74, 6) is 5.51. The molecule has 0 unspecified atom stereocenters. The molecule has 1 aliphatic rings. The summed E-state index contributed by atoms with van der Waals surface area (Å²) in [7, 11) is 0. The number of nitrogens with zero attached hydrogens (tertiary/aromatic N) is 12. The van der Waals surface area contributed by atoms with E-state index in [4.69, 9.17) is 58.1 Å². The molecule has 0 atom stereocenters. The Morgan fingerprint density at radius 3 is 0.893 bits per heavy atom. The van der Waals surface area contributed by atoms with E-state index in [9.17, 15) is 0 Å². The Morgan fingerprint density at radius 1 is 0.181 bits per heavy atom. The molecule has 0 aliphatic heterocycles. The lowest BCUT2D eigenvalue weighted by Crippen LogP contribution is -2.17. The SMILES string of the molecule is CC1(C)c2ccccc2-c2cc3c4ccccc4c4cccc5oc6ccc7c(c6c54)c3c(c21)n7-c1nc(-c2ccccc2)nc(-c2ccccc2)n1.c1ccc(-c2nc(-c3ccccc3)nc(-n3c4ccc5oc6cccc7c8ccccc8c8cc9ccccc9c3c8c4c5c67)n2)cc1.c1ccc(-c2nc(-c3ccccc3)nc(-n3c4cccc5c6cc7ccccc7cc6c6cccc7oc8ccc3c(c8c76)c54)n2)cc1. The predicted molar refractivity (Wildman–Crippen MR) is 608 cm³/mol. The molecule has 0 saturated heterocycles. The van der Waals surface area contributed by atoms with Crippen molar-refractivity contribution in [1.29, 1.82) is 0 Å². The van der Waals surface area contributed by atoms with Crippen molar-refractivity contribution in [3.63, 3.8) is 0 Å². The Morgan fingerprint density at radius 2 is 0.470 bits per heavy atom. The Balaban J connectivity index is 0.0000000990. The molecular formula is C134H78N12O3. The van der Waals surface area contributed by atoms with Crippen LogP contribution in [-0.4, -0.2) is 58.6 Å². The van der Waals surface area contributed by atoms with E-state index in [0.29, 0.717) is 52.8 Å². The molecule has 0 bridgehead atoms. The van der Waals surface area contributed by atoms with Crippen LogP contribution in [-0.2, 0) is 5.41 Å². The number of hydrogen-bond donors (Lipinski definition) is 0. The maximum atomic E-state index is 6.69. The number of fused-ring (bicyclic) bond motifs is 16. The van der Waals surface area contributed by atoms with Crippen molar-refractivity contribution in [3.8, 4) is 97.3 Å². The molecule has 149 heavy (non-hydrogen) atoms. The quantitative estimate of drug-likeness (QED) is 0.134. The van der Waals surface area contributed by atoms with Crippen LogP contribution in [0.25, 0.3) is 315 Å². The molecule has 9 aromatic heterocycles. The Bertz CT molecular complexity index is 11300. The highest BCUT2D eigenvalue weighted by atomic mass is 16.3. The van der Waals surface area contributed by atoms with Crippen LogP contribution in [0.5, 0.6) is 0 Å². The molecule has 0 amide bonds. The smallest absolute Gasteiger partial charge is 0.238 e. The molecule has 692 valence electrons. The molecule has 15 heteroatoms. The monoisotopic (exact) mass is 1900 g/mol. The molecule has 0 spiro atoms. The summed E-state index contributed by atoms with van der Waals surface area (Å²) >= 11 is 0. The average Bonchev–Trinajstić information content (AvgIpc) is 1.51. The van der Waals surface area contributed by atoms with Crippen LogP contribution in [0.2, 0.25) is 0 Å². The molecular weight excluding hydrogens is 1830 g/mol. The Labute approximate surface area is 847 Å². The van der Waals surface area contributed by atoms with Gasteiger partial charge in [0.1, 0.15) is 33.5 Å². The van der Waals surface area contributed by atoms with Crippen molar-refractivity contribution in [1.82, 2.24) is 58.6 Å². The Kier molecular flexibility index (Phi) is 17.4. The van der Waals surface area contributed by atoms with E-state index < -0.39 is 0 Å². The van der Waals surface area contributed by atoms with Crippen molar-refractivity contribution in [3.05, 3.63) is 448 Å². The number of furan rings is 3. The number of rotatable bonds is 9. The molecule has 0 radical (unpaired) electrons. The van der Waals surface area contributed by atoms with Crippen LogP contribution in [0.15, 0.2) is 450 Å². The first-order chi connectivity index (χ1) is 73.7. The molecule has 9 heterocycles. The van der Waals surface area contributed by atoms with Gasteiger partial charge in [-0.2, -0.15) is 29.9 Å². The van der Waals surface area contributed by atoms with Crippen LogP contribution in [0.3, 0.4) is 0 Å². The fourth-order valence-electron chi connectivity index (χ4n) is 24.8. The van der Waals surface area contributed by atoms with Crippen molar-refractivity contribution in [2.24, 2.45) is 0 Å². The van der Waals surface area contributed by atoms with E-state index in [1.54, 1.807) is 0 Å². The third kappa shape index (κ3) is 12.1. The van der Waals surface area contributed by atoms with Gasteiger partial charge in [-0.05, 0) is 188 Å². The first-order valence-corrected chi connectivity index (χ1v) is 50.4. The second-order valence-electron chi connectivity index (χ2n) is 39.5. The lowest BCUT2D eigenvalue weighted by molar-refractivity contribution is 0.663. The van der Waals surface area contributed by atoms with Gasteiger partial charge < -0.3 is 13.3 Å². The summed E-state index contributed by atoms with van der Waals surface area (Å²) in [6.45, 7) is 4.72. The van der Waals surface area contributed by atoms with Gasteiger partial charge in [-0.15, -0.1) is 0 Å². The van der Waals surface area contributed by atoms with Crippen LogP contribution in [0.1, 0.15) is 25.0 Å². The zero-order valence-electron chi connectivity index (χ0n) is 80.2. The normalized spacial score (nSPS) is 12.7. The first-order valence-electron chi connectivity index (χ1n) is 50.4. The zero-order valence-corrected chi connectivity index (χ0v) is 80.2. The topological polar surface area (TPSA) is 170 Å². The maximum absolute atomic E-state index is 6.69. The third-order valence-corrected chi connectivity index (χ3v) is 31.1. The van der Waals surface area contributed by atoms with Gasteiger partial charge in [-0.3, -0.25) is 13.7 Å². The Hall–Kier alpha value is -20.0. The van der Waals surface area contributed by atoms with E-state index in [1.165, 1.54) is 108 Å². The summed E-state index contributed by atoms with van der Waals surface area (Å²) in [6.07, 6.45) is 0. The van der Waals surface area contributed by atoms with E-state index in [0.717, 1.165) is 165 Å². The zero-order chi connectivity index (χ0) is 97.7. The molecule has 1 aliphatic carbocycles. The summed E-state index contributed by atoms with van der Waals surface area (Å²) in [4.78, 5) is 46.6. The predicted octanol–water partition coefficient (Wildman–Crippen LogP) is 34.5. The molecule has 15 nitrogen and oxygen atoms in total. The van der Waals surface area contributed by atoms with Crippen LogP contribution in [0.4, 0.5) is 0 Å². The van der Waals surface area contributed by atoms with Gasteiger partial charge in [0.2, 0.25) is 17.8 Å². The van der Waals surface area contributed by atoms with Crippen molar-refractivity contribution >= 4 is 217 Å². The third-order valence-electron chi connectivity index (χ3n) is 31.1. The first kappa shape index (κ1) is 82.5. The molecule has 33 aromatic rings. The minimum absolute atomic E-state index is 0.307. The van der Waals surface area contributed by atoms with Crippen molar-refractivity contribution in [2.45, 2.75) is 19.3 Å². The van der Waals surface area contributed by atoms with Gasteiger partial charge in [0.15, 0.2) is 34.9 Å². The molecule has 0 saturated carbocycles. The summed E-state index contributed by atoms with van der Waals surface area (Å²) < 4.78 is 26.7. The minimum Gasteiger partial charge on any atom is -0.456 e. The van der Waals surface area contributed by atoms with Gasteiger partial charge in [0.05, 0.1) is 33.1 Å². The van der Waals surface area contributed by atoms with Gasteiger partial charge in [0.25, 0.3) is 0 Å². The van der Waals surface area contributed by atoms with E-state index in [1.807, 2.05) is 133 Å². The fraction of sp³-hybridized carbons (Fsp3) is 0.0224. The van der Waals surface area contributed by atoms with Crippen molar-refractivity contribution in [2.75, 3.05) is 0 Å². The van der Waals surface area contributed by atoms with Crippen molar-refractivity contribution < 1.29 is 13.3 Å². The second-order valence-corrected chi connectivity index (χ2v) is 39.5. The van der Waals surface area contributed by atoms with Gasteiger partial charge >= 0.3 is 0 Å². The van der Waals surface area contributed by atoms with Gasteiger partial charge in [-0.1, -0.05) is 366 Å². The lowest BCUT2D eigenvalue weighted by Gasteiger charge is -2.24.